The van der Waals surface area contributed by atoms with Crippen molar-refractivity contribution in [2.24, 2.45) is 0 Å². The fourth-order valence-electron chi connectivity index (χ4n) is 2.42. The topological polar surface area (TPSA) is 70.8 Å². The van der Waals surface area contributed by atoms with E-state index in [2.05, 4.69) is 21.9 Å². The summed E-state index contributed by atoms with van der Waals surface area (Å²) in [6, 6.07) is 3.23. The summed E-state index contributed by atoms with van der Waals surface area (Å²) in [6.07, 6.45) is 1.33. The van der Waals surface area contributed by atoms with Gasteiger partial charge in [0.1, 0.15) is 5.15 Å². The van der Waals surface area contributed by atoms with Gasteiger partial charge in [0, 0.05) is 26.2 Å². The van der Waals surface area contributed by atoms with Crippen molar-refractivity contribution in [3.63, 3.8) is 0 Å². The lowest BCUT2D eigenvalue weighted by Crippen LogP contribution is -2.48. The molecule has 0 aromatic carbocycles. The van der Waals surface area contributed by atoms with E-state index in [4.69, 9.17) is 11.6 Å². The van der Waals surface area contributed by atoms with Gasteiger partial charge in [0.25, 0.3) is 10.0 Å². The lowest BCUT2D eigenvalue weighted by atomic mass is 10.4. The molecule has 0 spiro atoms. The number of imidazole rings is 1. The Morgan fingerprint density at radius 3 is 2.62 bits per heavy atom. The minimum atomic E-state index is -3.61. The fourth-order valence-corrected chi connectivity index (χ4v) is 4.01. The summed E-state index contributed by atoms with van der Waals surface area (Å²) in [5.41, 5.74) is 0.463. The maximum atomic E-state index is 12.7. The SMILES string of the molecule is CCN1CCN(S(=O)(=O)c2cnc3ccc(Cl)nn23)CC1. The van der Waals surface area contributed by atoms with E-state index in [9.17, 15) is 8.42 Å². The fraction of sp³-hybridized carbons (Fsp3) is 0.500. The van der Waals surface area contributed by atoms with Crippen LogP contribution in [0.25, 0.3) is 5.65 Å². The number of rotatable bonds is 3. The number of likely N-dealkylation sites (N-methyl/N-ethyl adjacent to an activating group) is 1. The number of halogens is 1. The third-order valence-electron chi connectivity index (χ3n) is 3.68. The molecule has 3 heterocycles. The minimum absolute atomic E-state index is 0.0601. The number of piperazine rings is 1. The van der Waals surface area contributed by atoms with Gasteiger partial charge in [-0.1, -0.05) is 18.5 Å². The molecule has 0 amide bonds. The molecular weight excluding hydrogens is 314 g/mol. The van der Waals surface area contributed by atoms with E-state index in [1.807, 2.05) is 0 Å². The molecule has 3 rings (SSSR count). The molecule has 0 saturated carbocycles. The third-order valence-corrected chi connectivity index (χ3v) is 5.73. The lowest BCUT2D eigenvalue weighted by Gasteiger charge is -2.32. The quantitative estimate of drug-likeness (QED) is 0.829. The summed E-state index contributed by atoms with van der Waals surface area (Å²) >= 11 is 5.85. The van der Waals surface area contributed by atoms with Crippen LogP contribution in [0.3, 0.4) is 0 Å². The summed E-state index contributed by atoms with van der Waals surface area (Å²) in [6.45, 7) is 5.43. The first-order valence-electron chi connectivity index (χ1n) is 6.75. The predicted octanol–water partition coefficient (Wildman–Crippen LogP) is 0.709. The van der Waals surface area contributed by atoms with Crippen LogP contribution in [0.5, 0.6) is 0 Å². The molecule has 0 N–H and O–H groups in total. The smallest absolute Gasteiger partial charge is 0.262 e. The Morgan fingerprint density at radius 2 is 1.95 bits per heavy atom. The van der Waals surface area contributed by atoms with Crippen LogP contribution in [-0.2, 0) is 10.0 Å². The Morgan fingerprint density at radius 1 is 1.24 bits per heavy atom. The maximum absolute atomic E-state index is 12.7. The van der Waals surface area contributed by atoms with E-state index in [1.165, 1.54) is 15.0 Å². The van der Waals surface area contributed by atoms with Crippen LogP contribution in [-0.4, -0.2) is 64.9 Å². The van der Waals surface area contributed by atoms with Crippen LogP contribution in [0.15, 0.2) is 23.4 Å². The highest BCUT2D eigenvalue weighted by molar-refractivity contribution is 7.89. The van der Waals surface area contributed by atoms with Gasteiger partial charge in [-0.15, -0.1) is 0 Å². The van der Waals surface area contributed by atoms with Gasteiger partial charge in [0.2, 0.25) is 0 Å². The van der Waals surface area contributed by atoms with E-state index >= 15 is 0 Å². The maximum Gasteiger partial charge on any atom is 0.262 e. The van der Waals surface area contributed by atoms with Crippen molar-refractivity contribution < 1.29 is 8.42 Å². The second-order valence-electron chi connectivity index (χ2n) is 4.86. The third kappa shape index (κ3) is 2.64. The largest absolute Gasteiger partial charge is 0.301 e. The summed E-state index contributed by atoms with van der Waals surface area (Å²) < 4.78 is 28.2. The zero-order valence-corrected chi connectivity index (χ0v) is 13.2. The highest BCUT2D eigenvalue weighted by Gasteiger charge is 2.31. The second kappa shape index (κ2) is 5.53. The highest BCUT2D eigenvalue weighted by Crippen LogP contribution is 2.19. The van der Waals surface area contributed by atoms with Crippen LogP contribution < -0.4 is 0 Å². The van der Waals surface area contributed by atoms with Crippen molar-refractivity contribution in [1.82, 2.24) is 23.8 Å². The number of nitrogens with zero attached hydrogens (tertiary/aromatic N) is 5. The Kier molecular flexibility index (Phi) is 3.87. The molecule has 2 aromatic heterocycles. The van der Waals surface area contributed by atoms with Crippen molar-refractivity contribution in [3.8, 4) is 0 Å². The number of hydrogen-bond acceptors (Lipinski definition) is 5. The van der Waals surface area contributed by atoms with Gasteiger partial charge < -0.3 is 4.90 Å². The Bertz CT molecular complexity index is 752. The van der Waals surface area contributed by atoms with E-state index < -0.39 is 10.0 Å². The van der Waals surface area contributed by atoms with Crippen molar-refractivity contribution in [3.05, 3.63) is 23.5 Å². The average molecular weight is 330 g/mol. The standard InChI is InChI=1S/C12H16ClN5O2S/c1-2-16-5-7-17(8-6-16)21(19,20)12-9-14-11-4-3-10(13)15-18(11)12/h3-4,9H,2,5-8H2,1H3. The first kappa shape index (κ1) is 14.7. The van der Waals surface area contributed by atoms with Crippen molar-refractivity contribution in [1.29, 1.82) is 0 Å². The van der Waals surface area contributed by atoms with E-state index in [-0.39, 0.29) is 10.2 Å². The molecular formula is C12H16ClN5O2S. The summed E-state index contributed by atoms with van der Waals surface area (Å²) in [7, 11) is -3.61. The summed E-state index contributed by atoms with van der Waals surface area (Å²) in [5.74, 6) is 0. The molecule has 1 aliphatic heterocycles. The van der Waals surface area contributed by atoms with Crippen molar-refractivity contribution >= 4 is 27.3 Å². The minimum Gasteiger partial charge on any atom is -0.301 e. The zero-order valence-electron chi connectivity index (χ0n) is 11.6. The van der Waals surface area contributed by atoms with Crippen molar-refractivity contribution in [2.45, 2.75) is 11.9 Å². The monoisotopic (exact) mass is 329 g/mol. The van der Waals surface area contributed by atoms with Gasteiger partial charge >= 0.3 is 0 Å². The number of hydrogen-bond donors (Lipinski definition) is 0. The van der Waals surface area contributed by atoms with Crippen LogP contribution in [0.2, 0.25) is 5.15 Å². The predicted molar refractivity (Wildman–Crippen MR) is 78.9 cm³/mol. The molecule has 1 fully saturated rings. The van der Waals surface area contributed by atoms with E-state index in [0.29, 0.717) is 18.7 Å². The highest BCUT2D eigenvalue weighted by atomic mass is 35.5. The van der Waals surface area contributed by atoms with Gasteiger partial charge in [0.15, 0.2) is 10.7 Å². The van der Waals surface area contributed by atoms with E-state index in [0.717, 1.165) is 19.6 Å². The zero-order chi connectivity index (χ0) is 15.0. The number of aromatic nitrogens is 3. The molecule has 0 bridgehead atoms. The number of sulfonamides is 1. The molecule has 0 radical (unpaired) electrons. The normalized spacial score (nSPS) is 18.4. The Labute approximate surface area is 128 Å². The Hall–Kier alpha value is -1.22. The molecule has 1 aliphatic rings. The first-order chi connectivity index (χ1) is 10.0. The molecule has 0 aliphatic carbocycles. The lowest BCUT2D eigenvalue weighted by molar-refractivity contribution is 0.196. The van der Waals surface area contributed by atoms with Crippen LogP contribution in [0.1, 0.15) is 6.92 Å². The van der Waals surface area contributed by atoms with E-state index in [1.54, 1.807) is 12.1 Å². The molecule has 0 atom stereocenters. The van der Waals surface area contributed by atoms with Crippen LogP contribution >= 0.6 is 11.6 Å². The van der Waals surface area contributed by atoms with Gasteiger partial charge in [-0.25, -0.2) is 13.4 Å². The van der Waals surface area contributed by atoms with Crippen LogP contribution in [0.4, 0.5) is 0 Å². The van der Waals surface area contributed by atoms with Crippen molar-refractivity contribution in [2.75, 3.05) is 32.7 Å². The van der Waals surface area contributed by atoms with Gasteiger partial charge in [-0.2, -0.15) is 13.9 Å². The first-order valence-corrected chi connectivity index (χ1v) is 8.57. The molecule has 1 saturated heterocycles. The van der Waals surface area contributed by atoms with Gasteiger partial charge in [-0.05, 0) is 18.7 Å². The molecule has 21 heavy (non-hydrogen) atoms. The molecule has 9 heteroatoms. The summed E-state index contributed by atoms with van der Waals surface area (Å²) in [5, 5.41) is 4.32. The second-order valence-corrected chi connectivity index (χ2v) is 7.13. The summed E-state index contributed by atoms with van der Waals surface area (Å²) in [4.78, 5) is 6.30. The van der Waals surface area contributed by atoms with Gasteiger partial charge in [0.05, 0.1) is 6.20 Å². The van der Waals surface area contributed by atoms with Crippen LogP contribution in [0, 0.1) is 0 Å². The number of fused-ring (bicyclic) bond motifs is 1. The molecule has 7 nitrogen and oxygen atoms in total. The molecule has 2 aromatic rings. The molecule has 114 valence electrons. The average Bonchev–Trinajstić information content (AvgIpc) is 2.91. The van der Waals surface area contributed by atoms with Gasteiger partial charge in [-0.3, -0.25) is 0 Å². The molecule has 0 unspecified atom stereocenters. The Balaban J connectivity index is 1.95.